The predicted molar refractivity (Wildman–Crippen MR) is 107 cm³/mol. The minimum absolute atomic E-state index is 0.0697. The summed E-state index contributed by atoms with van der Waals surface area (Å²) in [5.74, 6) is 0.268. The zero-order chi connectivity index (χ0) is 20.3. The highest BCUT2D eigenvalue weighted by Gasteiger charge is 2.30. The van der Waals surface area contributed by atoms with E-state index in [9.17, 15) is 18.5 Å². The van der Waals surface area contributed by atoms with Crippen molar-refractivity contribution in [2.24, 2.45) is 5.92 Å². The Hall–Kier alpha value is -2.23. The van der Waals surface area contributed by atoms with Gasteiger partial charge in [0, 0.05) is 30.4 Å². The number of nitro benzene ring substituents is 1. The fourth-order valence-electron chi connectivity index (χ4n) is 3.22. The molecule has 28 heavy (non-hydrogen) atoms. The number of halogens is 1. The molecule has 2 heterocycles. The van der Waals surface area contributed by atoms with Crippen LogP contribution in [0.15, 0.2) is 41.4 Å². The van der Waals surface area contributed by atoms with Gasteiger partial charge in [-0.15, -0.1) is 0 Å². The number of pyridine rings is 1. The summed E-state index contributed by atoms with van der Waals surface area (Å²) in [5.41, 5.74) is 0.534. The summed E-state index contributed by atoms with van der Waals surface area (Å²) < 4.78 is 27.2. The van der Waals surface area contributed by atoms with Crippen molar-refractivity contribution < 1.29 is 13.3 Å². The zero-order valence-electron chi connectivity index (χ0n) is 15.3. The molecule has 1 fully saturated rings. The molecule has 0 amide bonds. The van der Waals surface area contributed by atoms with Crippen LogP contribution in [0, 0.1) is 16.0 Å². The predicted octanol–water partition coefficient (Wildman–Crippen LogP) is 3.68. The number of anilines is 1. The van der Waals surface area contributed by atoms with Crippen molar-refractivity contribution in [3.63, 3.8) is 0 Å². The highest BCUT2D eigenvalue weighted by Crippen LogP contribution is 2.31. The van der Waals surface area contributed by atoms with Crippen LogP contribution >= 0.6 is 11.6 Å². The Morgan fingerprint density at radius 3 is 2.82 bits per heavy atom. The second-order valence-corrected chi connectivity index (χ2v) is 9.24. The molecule has 0 bridgehead atoms. The Kier molecular flexibility index (Phi) is 6.17. The van der Waals surface area contributed by atoms with Gasteiger partial charge >= 0.3 is 0 Å². The number of benzene rings is 1. The van der Waals surface area contributed by atoms with Crippen LogP contribution in [0.2, 0.25) is 5.02 Å². The van der Waals surface area contributed by atoms with E-state index >= 15 is 0 Å². The van der Waals surface area contributed by atoms with E-state index in [1.165, 1.54) is 16.4 Å². The molecule has 0 aliphatic carbocycles. The largest absolute Gasteiger partial charge is 0.374 e. The maximum atomic E-state index is 12.9. The van der Waals surface area contributed by atoms with Crippen molar-refractivity contribution in [2.75, 3.05) is 18.4 Å². The van der Waals surface area contributed by atoms with Crippen molar-refractivity contribution in [1.82, 2.24) is 9.29 Å². The molecule has 3 rings (SSSR count). The quantitative estimate of drug-likeness (QED) is 0.560. The van der Waals surface area contributed by atoms with Crippen LogP contribution < -0.4 is 5.32 Å². The number of nitrogens with one attached hydrogen (secondary N) is 1. The SMILES string of the molecule is C[C@@H]1CCCN(S(=O)(=O)c2ccc(NCc3cc(Cl)ccn3)c([N+](=O)[O-])c2)C1. The van der Waals surface area contributed by atoms with Gasteiger partial charge in [0.25, 0.3) is 5.69 Å². The topological polar surface area (TPSA) is 105 Å². The van der Waals surface area contributed by atoms with Gasteiger partial charge in [0.15, 0.2) is 0 Å². The molecule has 1 saturated heterocycles. The standard InChI is InChI=1S/C18H21ClN4O4S/c1-13-3-2-8-22(12-13)28(26,27)16-4-5-17(18(10-16)23(24)25)21-11-15-9-14(19)6-7-20-15/h4-7,9-10,13,21H,2-3,8,11-12H2,1H3/t13-/m1/s1. The number of aromatic nitrogens is 1. The van der Waals surface area contributed by atoms with Crippen molar-refractivity contribution >= 4 is 33.0 Å². The average molecular weight is 425 g/mol. The van der Waals surface area contributed by atoms with Crippen molar-refractivity contribution in [3.05, 3.63) is 57.4 Å². The number of nitrogens with zero attached hydrogens (tertiary/aromatic N) is 3. The number of sulfonamides is 1. The second-order valence-electron chi connectivity index (χ2n) is 6.87. The van der Waals surface area contributed by atoms with Crippen LogP contribution in [0.5, 0.6) is 0 Å². The summed E-state index contributed by atoms with van der Waals surface area (Å²) in [5, 5.41) is 15.0. The van der Waals surface area contributed by atoms with Gasteiger partial charge in [-0.25, -0.2) is 8.42 Å². The van der Waals surface area contributed by atoms with Gasteiger partial charge in [0.05, 0.1) is 22.1 Å². The molecule has 8 nitrogen and oxygen atoms in total. The maximum Gasteiger partial charge on any atom is 0.293 e. The normalized spacial score (nSPS) is 18.0. The lowest BCUT2D eigenvalue weighted by molar-refractivity contribution is -0.384. The molecule has 1 aromatic heterocycles. The number of hydrogen-bond donors (Lipinski definition) is 1. The van der Waals surface area contributed by atoms with Crippen LogP contribution in [0.25, 0.3) is 0 Å². The summed E-state index contributed by atoms with van der Waals surface area (Å²) in [6.07, 6.45) is 3.31. The Balaban J connectivity index is 1.85. The molecular weight excluding hydrogens is 404 g/mol. The summed E-state index contributed by atoms with van der Waals surface area (Å²) in [6, 6.07) is 7.21. The molecule has 0 unspecified atom stereocenters. The molecule has 0 saturated carbocycles. The Morgan fingerprint density at radius 1 is 1.36 bits per heavy atom. The van der Waals surface area contributed by atoms with Gasteiger partial charge in [-0.3, -0.25) is 15.1 Å². The van der Waals surface area contributed by atoms with E-state index in [2.05, 4.69) is 10.3 Å². The Labute approximate surface area is 168 Å². The lowest BCUT2D eigenvalue weighted by Crippen LogP contribution is -2.39. The van der Waals surface area contributed by atoms with E-state index in [4.69, 9.17) is 11.6 Å². The Morgan fingerprint density at radius 2 is 2.14 bits per heavy atom. The molecule has 0 spiro atoms. The first-order chi connectivity index (χ1) is 13.3. The minimum Gasteiger partial charge on any atom is -0.374 e. The fraction of sp³-hybridized carbons (Fsp3) is 0.389. The minimum atomic E-state index is -3.77. The van der Waals surface area contributed by atoms with Crippen molar-refractivity contribution in [2.45, 2.75) is 31.2 Å². The van der Waals surface area contributed by atoms with Gasteiger partial charge in [-0.2, -0.15) is 4.31 Å². The lowest BCUT2D eigenvalue weighted by Gasteiger charge is -2.30. The Bertz CT molecular complexity index is 983. The van der Waals surface area contributed by atoms with Gasteiger partial charge in [0.2, 0.25) is 10.0 Å². The number of rotatable bonds is 6. The van der Waals surface area contributed by atoms with Gasteiger partial charge < -0.3 is 5.32 Å². The molecule has 10 heteroatoms. The maximum absolute atomic E-state index is 12.9. The van der Waals surface area contributed by atoms with Crippen molar-refractivity contribution in [3.8, 4) is 0 Å². The molecule has 0 radical (unpaired) electrons. The molecular formula is C18H21ClN4O4S. The third-order valence-corrected chi connectivity index (χ3v) is 6.76. The average Bonchev–Trinajstić information content (AvgIpc) is 2.66. The number of piperidine rings is 1. The summed E-state index contributed by atoms with van der Waals surface area (Å²) in [7, 11) is -3.77. The number of hydrogen-bond acceptors (Lipinski definition) is 6. The third-order valence-electron chi connectivity index (χ3n) is 4.66. The molecule has 2 aromatic rings. The summed E-state index contributed by atoms with van der Waals surface area (Å²) >= 11 is 5.92. The first-order valence-electron chi connectivity index (χ1n) is 8.90. The highest BCUT2D eigenvalue weighted by molar-refractivity contribution is 7.89. The third kappa shape index (κ3) is 4.60. The van der Waals surface area contributed by atoms with Crippen LogP contribution in [0.1, 0.15) is 25.5 Å². The van der Waals surface area contributed by atoms with Crippen LogP contribution in [-0.2, 0) is 16.6 Å². The molecule has 1 N–H and O–H groups in total. The monoisotopic (exact) mass is 424 g/mol. The summed E-state index contributed by atoms with van der Waals surface area (Å²) in [6.45, 7) is 3.08. The van der Waals surface area contributed by atoms with E-state index < -0.39 is 14.9 Å². The van der Waals surface area contributed by atoms with E-state index in [1.807, 2.05) is 6.92 Å². The number of nitro groups is 1. The van der Waals surface area contributed by atoms with E-state index in [-0.39, 0.29) is 28.7 Å². The van der Waals surface area contributed by atoms with Crippen LogP contribution in [0.3, 0.4) is 0 Å². The fourth-order valence-corrected chi connectivity index (χ4v) is 5.02. The smallest absolute Gasteiger partial charge is 0.293 e. The first kappa shape index (κ1) is 20.5. The molecule has 1 atom stereocenters. The van der Waals surface area contributed by atoms with Gasteiger partial charge in [-0.1, -0.05) is 18.5 Å². The van der Waals surface area contributed by atoms with Gasteiger partial charge in [0.1, 0.15) is 5.69 Å². The van der Waals surface area contributed by atoms with E-state index in [1.54, 1.807) is 18.3 Å². The second kappa shape index (κ2) is 8.42. The molecule has 1 aromatic carbocycles. The molecule has 1 aliphatic rings. The van der Waals surface area contributed by atoms with Crippen LogP contribution in [0.4, 0.5) is 11.4 Å². The molecule has 1 aliphatic heterocycles. The first-order valence-corrected chi connectivity index (χ1v) is 10.7. The summed E-state index contributed by atoms with van der Waals surface area (Å²) in [4.78, 5) is 15.0. The highest BCUT2D eigenvalue weighted by atomic mass is 35.5. The molecule has 150 valence electrons. The van der Waals surface area contributed by atoms with Crippen molar-refractivity contribution in [1.29, 1.82) is 0 Å². The lowest BCUT2D eigenvalue weighted by atomic mass is 10.0. The van der Waals surface area contributed by atoms with E-state index in [0.29, 0.717) is 23.8 Å². The van der Waals surface area contributed by atoms with Gasteiger partial charge in [-0.05, 0) is 43.0 Å². The van der Waals surface area contributed by atoms with Crippen LogP contribution in [-0.4, -0.2) is 35.7 Å². The van der Waals surface area contributed by atoms with E-state index in [0.717, 1.165) is 18.9 Å². The zero-order valence-corrected chi connectivity index (χ0v) is 16.9.